The topological polar surface area (TPSA) is 67.6 Å². The van der Waals surface area contributed by atoms with E-state index in [0.29, 0.717) is 10.8 Å². The second kappa shape index (κ2) is 8.27. The molecule has 1 atom stereocenters. The van der Waals surface area contributed by atoms with E-state index < -0.39 is 0 Å². The van der Waals surface area contributed by atoms with Gasteiger partial charge in [0.2, 0.25) is 0 Å². The number of nitrogen functional groups attached to an aromatic ring is 1. The molecule has 1 amide bonds. The van der Waals surface area contributed by atoms with Gasteiger partial charge in [-0.1, -0.05) is 24.3 Å². The van der Waals surface area contributed by atoms with E-state index in [1.165, 1.54) is 5.56 Å². The lowest BCUT2D eigenvalue weighted by atomic mass is 10.1. The minimum Gasteiger partial charge on any atom is -0.495 e. The van der Waals surface area contributed by atoms with Gasteiger partial charge in [0.1, 0.15) is 5.75 Å². The van der Waals surface area contributed by atoms with Crippen molar-refractivity contribution < 1.29 is 9.53 Å². The molecule has 0 aromatic heterocycles. The number of nitrogens with zero attached hydrogens (tertiary/aromatic N) is 1. The third-order valence-corrected chi connectivity index (χ3v) is 5.58. The van der Waals surface area contributed by atoms with Crippen molar-refractivity contribution in [2.75, 3.05) is 30.9 Å². The summed E-state index contributed by atoms with van der Waals surface area (Å²) in [5.74, 6) is 6.92. The molecule has 3 N–H and O–H groups in total. The van der Waals surface area contributed by atoms with E-state index in [9.17, 15) is 4.79 Å². The number of benzene rings is 2. The Morgan fingerprint density at radius 3 is 2.76 bits per heavy atom. The quantitative estimate of drug-likeness (QED) is 0.489. The number of hydrazine groups is 1. The van der Waals surface area contributed by atoms with Gasteiger partial charge in [0, 0.05) is 29.7 Å². The van der Waals surface area contributed by atoms with Crippen molar-refractivity contribution in [3.05, 3.63) is 59.7 Å². The molecular weight excluding hydrogens is 334 g/mol. The largest absolute Gasteiger partial charge is 0.495 e. The Bertz CT molecular complexity index is 721. The van der Waals surface area contributed by atoms with E-state index in [1.807, 2.05) is 48.2 Å². The Kier molecular flexibility index (Phi) is 5.83. The summed E-state index contributed by atoms with van der Waals surface area (Å²) in [7, 11) is 1.72. The number of ether oxygens (including phenoxy) is 1. The third-order valence-electron chi connectivity index (χ3n) is 4.38. The smallest absolute Gasteiger partial charge is 0.265 e. The highest BCUT2D eigenvalue weighted by molar-refractivity contribution is 8.00. The predicted octanol–water partition coefficient (Wildman–Crippen LogP) is 2.46. The summed E-state index contributed by atoms with van der Waals surface area (Å²) < 4.78 is 5.50. The number of hydrogen-bond donors (Lipinski definition) is 2. The molecule has 5 nitrogen and oxygen atoms in total. The summed E-state index contributed by atoms with van der Waals surface area (Å²) in [5, 5.41) is 0.507. The van der Waals surface area contributed by atoms with Gasteiger partial charge in [-0.25, -0.2) is 5.84 Å². The van der Waals surface area contributed by atoms with Gasteiger partial charge in [0.15, 0.2) is 0 Å². The number of methoxy groups -OCH3 is 1. The molecule has 0 aliphatic carbocycles. The second-order valence-corrected chi connectivity index (χ2v) is 7.39. The molecule has 6 heteroatoms. The van der Waals surface area contributed by atoms with Crippen LogP contribution in [0.15, 0.2) is 48.5 Å². The molecule has 1 aliphatic rings. The van der Waals surface area contributed by atoms with E-state index in [0.717, 1.165) is 36.7 Å². The van der Waals surface area contributed by atoms with Crippen LogP contribution in [0.3, 0.4) is 0 Å². The molecule has 1 fully saturated rings. The van der Waals surface area contributed by atoms with Crippen molar-refractivity contribution in [3.8, 4) is 5.75 Å². The first-order chi connectivity index (χ1) is 12.2. The van der Waals surface area contributed by atoms with Gasteiger partial charge < -0.3 is 9.64 Å². The molecule has 2 aromatic rings. The lowest BCUT2D eigenvalue weighted by molar-refractivity contribution is 0.0953. The molecule has 0 bridgehead atoms. The number of para-hydroxylation sites is 2. The lowest BCUT2D eigenvalue weighted by Gasteiger charge is -2.34. The number of nitrogens with two attached hydrogens (primary N) is 1. The van der Waals surface area contributed by atoms with E-state index in [4.69, 9.17) is 10.6 Å². The van der Waals surface area contributed by atoms with Crippen molar-refractivity contribution in [2.45, 2.75) is 11.7 Å². The van der Waals surface area contributed by atoms with Crippen LogP contribution in [0.2, 0.25) is 0 Å². The molecule has 0 radical (unpaired) electrons. The molecule has 25 heavy (non-hydrogen) atoms. The van der Waals surface area contributed by atoms with Crippen molar-refractivity contribution in [1.29, 1.82) is 0 Å². The Morgan fingerprint density at radius 1 is 1.28 bits per heavy atom. The summed E-state index contributed by atoms with van der Waals surface area (Å²) in [4.78, 5) is 13.9. The molecule has 1 saturated heterocycles. The normalized spacial score (nSPS) is 17.2. The summed E-state index contributed by atoms with van der Waals surface area (Å²) in [6.45, 7) is 2.01. The van der Waals surface area contributed by atoms with E-state index >= 15 is 0 Å². The van der Waals surface area contributed by atoms with E-state index in [2.05, 4.69) is 22.5 Å². The fourth-order valence-electron chi connectivity index (χ4n) is 3.09. The number of nitrogens with one attached hydrogen (secondary N) is 1. The first kappa shape index (κ1) is 17.6. The average molecular weight is 357 g/mol. The maximum atomic E-state index is 11.5. The van der Waals surface area contributed by atoms with Gasteiger partial charge in [-0.15, -0.1) is 0 Å². The fourth-order valence-corrected chi connectivity index (χ4v) is 4.35. The van der Waals surface area contributed by atoms with Gasteiger partial charge >= 0.3 is 0 Å². The van der Waals surface area contributed by atoms with Gasteiger partial charge in [-0.3, -0.25) is 10.2 Å². The van der Waals surface area contributed by atoms with Gasteiger partial charge in [0.05, 0.1) is 12.8 Å². The first-order valence-corrected chi connectivity index (χ1v) is 9.35. The number of rotatable bonds is 5. The minimum absolute atomic E-state index is 0.263. The van der Waals surface area contributed by atoms with E-state index in [1.54, 1.807) is 7.11 Å². The zero-order chi connectivity index (χ0) is 17.6. The zero-order valence-corrected chi connectivity index (χ0v) is 15.1. The molecule has 1 aliphatic heterocycles. The van der Waals surface area contributed by atoms with Crippen LogP contribution in [0.1, 0.15) is 15.9 Å². The molecule has 132 valence electrons. The molecular formula is C19H23N3O2S. The van der Waals surface area contributed by atoms with Gasteiger partial charge in [-0.05, 0) is 36.2 Å². The summed E-state index contributed by atoms with van der Waals surface area (Å²) in [6, 6.07) is 15.8. The average Bonchev–Trinajstić information content (AvgIpc) is 2.68. The zero-order valence-electron chi connectivity index (χ0n) is 14.3. The van der Waals surface area contributed by atoms with Gasteiger partial charge in [-0.2, -0.15) is 11.8 Å². The standard InChI is InChI=1S/C19H23N3O2S/c1-24-18-5-3-2-4-17(18)22-10-11-25-16(13-22)12-14-6-8-15(9-7-14)19(23)21-20/h2-9,16H,10-13,20H2,1H3,(H,21,23). The summed E-state index contributed by atoms with van der Waals surface area (Å²) in [5.41, 5.74) is 5.12. The number of carbonyl (C=O) groups excluding carboxylic acids is 1. The van der Waals surface area contributed by atoms with Crippen molar-refractivity contribution in [1.82, 2.24) is 5.43 Å². The van der Waals surface area contributed by atoms with Crippen LogP contribution in [0.4, 0.5) is 5.69 Å². The van der Waals surface area contributed by atoms with Crippen molar-refractivity contribution >= 4 is 23.4 Å². The first-order valence-electron chi connectivity index (χ1n) is 8.30. The number of anilines is 1. The Labute approximate surface area is 152 Å². The van der Waals surface area contributed by atoms with E-state index in [-0.39, 0.29) is 5.91 Å². The maximum absolute atomic E-state index is 11.5. The molecule has 0 spiro atoms. The number of amides is 1. The van der Waals surface area contributed by atoms with Crippen LogP contribution in [-0.2, 0) is 6.42 Å². The minimum atomic E-state index is -0.263. The Morgan fingerprint density at radius 2 is 2.04 bits per heavy atom. The Balaban J connectivity index is 1.66. The van der Waals surface area contributed by atoms with Crippen molar-refractivity contribution in [3.63, 3.8) is 0 Å². The fraction of sp³-hybridized carbons (Fsp3) is 0.316. The molecule has 3 rings (SSSR count). The third kappa shape index (κ3) is 4.27. The molecule has 0 saturated carbocycles. The summed E-state index contributed by atoms with van der Waals surface area (Å²) >= 11 is 2.00. The highest BCUT2D eigenvalue weighted by Crippen LogP contribution is 2.32. The maximum Gasteiger partial charge on any atom is 0.265 e. The van der Waals surface area contributed by atoms with Crippen LogP contribution >= 0.6 is 11.8 Å². The monoisotopic (exact) mass is 357 g/mol. The molecule has 1 heterocycles. The number of thioether (sulfide) groups is 1. The van der Waals surface area contributed by atoms with Crippen molar-refractivity contribution in [2.24, 2.45) is 5.84 Å². The number of hydrogen-bond acceptors (Lipinski definition) is 5. The molecule has 2 aromatic carbocycles. The molecule has 1 unspecified atom stereocenters. The lowest BCUT2D eigenvalue weighted by Crippen LogP contribution is -2.39. The van der Waals surface area contributed by atoms with Crippen LogP contribution in [0, 0.1) is 0 Å². The van der Waals surface area contributed by atoms with Gasteiger partial charge in [0.25, 0.3) is 5.91 Å². The van der Waals surface area contributed by atoms with Crippen LogP contribution in [-0.4, -0.2) is 37.1 Å². The SMILES string of the molecule is COc1ccccc1N1CCSC(Cc2ccc(C(=O)NN)cc2)C1. The number of carbonyl (C=O) groups is 1. The highest BCUT2D eigenvalue weighted by atomic mass is 32.2. The summed E-state index contributed by atoms with van der Waals surface area (Å²) in [6.07, 6.45) is 0.973. The van der Waals surface area contributed by atoms with Crippen LogP contribution < -0.4 is 20.9 Å². The van der Waals surface area contributed by atoms with Crippen LogP contribution in [0.5, 0.6) is 5.75 Å². The second-order valence-electron chi connectivity index (χ2n) is 5.99. The highest BCUT2D eigenvalue weighted by Gasteiger charge is 2.22. The van der Waals surface area contributed by atoms with Crippen LogP contribution in [0.25, 0.3) is 0 Å². The Hall–Kier alpha value is -2.18. The predicted molar refractivity (Wildman–Crippen MR) is 103 cm³/mol.